The molecule has 9 heavy (non-hydrogen) atoms. The van der Waals surface area contributed by atoms with E-state index in [0.29, 0.717) is 0 Å². The van der Waals surface area contributed by atoms with Crippen LogP contribution >= 0.6 is 0 Å². The van der Waals surface area contributed by atoms with Crippen LogP contribution in [0.25, 0.3) is 0 Å². The highest BCUT2D eigenvalue weighted by Crippen LogP contribution is 2.23. The lowest BCUT2D eigenvalue weighted by Crippen LogP contribution is -2.13. The van der Waals surface area contributed by atoms with Gasteiger partial charge in [-0.25, -0.2) is 4.21 Å². The molecule has 1 rings (SSSR count). The molecule has 1 N–H and O–H groups in total. The predicted molar refractivity (Wildman–Crippen MR) is 39.0 cm³/mol. The largest absolute Gasteiger partial charge is 0.253 e. The molecule has 54 valence electrons. The van der Waals surface area contributed by atoms with Crippen LogP contribution < -0.4 is 0 Å². The van der Waals surface area contributed by atoms with Crippen molar-refractivity contribution in [3.63, 3.8) is 0 Å². The minimum Gasteiger partial charge on any atom is -0.253 e. The summed E-state index contributed by atoms with van der Waals surface area (Å²) in [5.41, 5.74) is 0. The normalized spacial score (nSPS) is 28.1. The maximum absolute atomic E-state index is 11.1. The quantitative estimate of drug-likeness (QED) is 0.601. The third-order valence-electron chi connectivity index (χ3n) is 1.94. The number of rotatable bonds is 1. The Hall–Kier alpha value is -0.0500. The third kappa shape index (κ3) is 1.68. The first-order valence-electron chi connectivity index (χ1n) is 3.33. The lowest BCUT2D eigenvalue weighted by atomic mass is 10.4. The Kier molecular flexibility index (Phi) is 1.80. The second-order valence-electron chi connectivity index (χ2n) is 2.81. The molecule has 1 saturated carbocycles. The van der Waals surface area contributed by atoms with Gasteiger partial charge in [-0.3, -0.25) is 4.78 Å². The molecular weight excluding hydrogens is 134 g/mol. The van der Waals surface area contributed by atoms with E-state index >= 15 is 0 Å². The third-order valence-corrected chi connectivity index (χ3v) is 3.68. The van der Waals surface area contributed by atoms with Crippen LogP contribution in [0.15, 0.2) is 0 Å². The molecule has 1 atom stereocenters. The molecule has 0 saturated heterocycles. The monoisotopic (exact) mass is 147 g/mol. The highest BCUT2D eigenvalue weighted by Gasteiger charge is 2.21. The lowest BCUT2D eigenvalue weighted by molar-refractivity contribution is 0.664. The summed E-state index contributed by atoms with van der Waals surface area (Å²) in [5.74, 6) is 0. The van der Waals surface area contributed by atoms with Crippen molar-refractivity contribution in [2.24, 2.45) is 0 Å². The van der Waals surface area contributed by atoms with Gasteiger partial charge in [0.05, 0.1) is 0 Å². The summed E-state index contributed by atoms with van der Waals surface area (Å²) in [6, 6.07) is 0. The Morgan fingerprint density at radius 2 is 1.89 bits per heavy atom. The first kappa shape index (κ1) is 7.06. The highest BCUT2D eigenvalue weighted by molar-refractivity contribution is 7.92. The highest BCUT2D eigenvalue weighted by atomic mass is 32.2. The molecule has 0 bridgehead atoms. The molecule has 0 amide bonds. The van der Waals surface area contributed by atoms with Crippen molar-refractivity contribution >= 4 is 9.73 Å². The topological polar surface area (TPSA) is 40.9 Å². The first-order chi connectivity index (χ1) is 4.11. The van der Waals surface area contributed by atoms with Crippen LogP contribution in [0.1, 0.15) is 25.7 Å². The van der Waals surface area contributed by atoms with Gasteiger partial charge in [-0.15, -0.1) is 0 Å². The van der Waals surface area contributed by atoms with Crippen LogP contribution in [0.5, 0.6) is 0 Å². The maximum Gasteiger partial charge on any atom is 0.0441 e. The fourth-order valence-corrected chi connectivity index (χ4v) is 2.57. The van der Waals surface area contributed by atoms with Gasteiger partial charge in [0.1, 0.15) is 0 Å². The molecule has 1 aliphatic carbocycles. The first-order valence-corrected chi connectivity index (χ1v) is 5.36. The summed E-state index contributed by atoms with van der Waals surface area (Å²) >= 11 is 0. The van der Waals surface area contributed by atoms with E-state index in [2.05, 4.69) is 0 Å². The van der Waals surface area contributed by atoms with E-state index in [1.165, 1.54) is 12.8 Å². The molecule has 1 fully saturated rings. The predicted octanol–water partition coefficient (Wildman–Crippen LogP) is 1.61. The zero-order chi connectivity index (χ0) is 6.91. The van der Waals surface area contributed by atoms with E-state index in [-0.39, 0.29) is 5.25 Å². The van der Waals surface area contributed by atoms with Gasteiger partial charge in [0, 0.05) is 21.2 Å². The number of hydrogen-bond acceptors (Lipinski definition) is 2. The van der Waals surface area contributed by atoms with Gasteiger partial charge in [0.2, 0.25) is 0 Å². The maximum atomic E-state index is 11.1. The molecule has 0 heterocycles. The van der Waals surface area contributed by atoms with Gasteiger partial charge in [0.25, 0.3) is 0 Å². The molecule has 2 nitrogen and oxygen atoms in total. The fourth-order valence-electron chi connectivity index (χ4n) is 1.34. The average molecular weight is 147 g/mol. The van der Waals surface area contributed by atoms with E-state index in [1.54, 1.807) is 6.26 Å². The summed E-state index contributed by atoms with van der Waals surface area (Å²) < 4.78 is 18.3. The fraction of sp³-hybridized carbons (Fsp3) is 1.00. The van der Waals surface area contributed by atoms with Crippen molar-refractivity contribution in [1.82, 2.24) is 0 Å². The van der Waals surface area contributed by atoms with Crippen molar-refractivity contribution in [2.45, 2.75) is 30.9 Å². The van der Waals surface area contributed by atoms with Crippen LogP contribution in [0.2, 0.25) is 0 Å². The molecule has 0 spiro atoms. The van der Waals surface area contributed by atoms with E-state index in [4.69, 9.17) is 4.78 Å². The van der Waals surface area contributed by atoms with Crippen molar-refractivity contribution in [3.05, 3.63) is 0 Å². The molecule has 0 aliphatic heterocycles. The minimum atomic E-state index is -2.20. The molecule has 0 radical (unpaired) electrons. The van der Waals surface area contributed by atoms with Crippen molar-refractivity contribution in [2.75, 3.05) is 6.26 Å². The van der Waals surface area contributed by atoms with E-state index in [1.807, 2.05) is 0 Å². The van der Waals surface area contributed by atoms with Crippen molar-refractivity contribution in [3.8, 4) is 0 Å². The Morgan fingerprint density at radius 1 is 1.44 bits per heavy atom. The van der Waals surface area contributed by atoms with Crippen molar-refractivity contribution in [1.29, 1.82) is 4.78 Å². The standard InChI is InChI=1S/C6H13NOS/c1-9(7,8)6-4-2-3-5-6/h6-7H,2-5H2,1H3. The molecule has 1 aliphatic rings. The van der Waals surface area contributed by atoms with Gasteiger partial charge in [0.15, 0.2) is 0 Å². The molecule has 0 aromatic rings. The zero-order valence-corrected chi connectivity index (χ0v) is 6.54. The Labute approximate surface area is 56.6 Å². The van der Waals surface area contributed by atoms with E-state index in [0.717, 1.165) is 12.8 Å². The van der Waals surface area contributed by atoms with Crippen LogP contribution in [0, 0.1) is 4.78 Å². The SMILES string of the molecule is CS(=N)(=O)C1CCCC1. The summed E-state index contributed by atoms with van der Waals surface area (Å²) in [6.45, 7) is 0. The van der Waals surface area contributed by atoms with E-state index in [9.17, 15) is 4.21 Å². The minimum absolute atomic E-state index is 0.206. The lowest BCUT2D eigenvalue weighted by Gasteiger charge is -2.06. The molecule has 0 aromatic heterocycles. The Morgan fingerprint density at radius 3 is 2.11 bits per heavy atom. The smallest absolute Gasteiger partial charge is 0.0441 e. The van der Waals surface area contributed by atoms with Crippen LogP contribution in [0.3, 0.4) is 0 Å². The second kappa shape index (κ2) is 2.29. The molecule has 3 heteroatoms. The Balaban J connectivity index is 2.63. The zero-order valence-electron chi connectivity index (χ0n) is 5.72. The summed E-state index contributed by atoms with van der Waals surface area (Å²) in [7, 11) is -2.20. The molecule has 0 aromatic carbocycles. The number of nitrogens with one attached hydrogen (secondary N) is 1. The number of hydrogen-bond donors (Lipinski definition) is 1. The van der Waals surface area contributed by atoms with Gasteiger partial charge in [-0.05, 0) is 12.8 Å². The summed E-state index contributed by atoms with van der Waals surface area (Å²) in [6.07, 6.45) is 5.93. The average Bonchev–Trinajstić information content (AvgIpc) is 2.08. The van der Waals surface area contributed by atoms with Crippen LogP contribution in [0.4, 0.5) is 0 Å². The Bertz CT molecular complexity index is 177. The van der Waals surface area contributed by atoms with Gasteiger partial charge < -0.3 is 0 Å². The molecule has 1 unspecified atom stereocenters. The molecular formula is C6H13NOS. The van der Waals surface area contributed by atoms with Crippen molar-refractivity contribution < 1.29 is 4.21 Å². The second-order valence-corrected chi connectivity index (χ2v) is 5.28. The van der Waals surface area contributed by atoms with Crippen LogP contribution in [-0.4, -0.2) is 15.7 Å². The van der Waals surface area contributed by atoms with Gasteiger partial charge in [-0.1, -0.05) is 12.8 Å². The van der Waals surface area contributed by atoms with E-state index < -0.39 is 9.73 Å². The van der Waals surface area contributed by atoms with Gasteiger partial charge >= 0.3 is 0 Å². The summed E-state index contributed by atoms with van der Waals surface area (Å²) in [4.78, 5) is 0. The van der Waals surface area contributed by atoms with Gasteiger partial charge in [-0.2, -0.15) is 0 Å². The van der Waals surface area contributed by atoms with Crippen LogP contribution in [-0.2, 0) is 9.73 Å². The summed E-state index contributed by atoms with van der Waals surface area (Å²) in [5, 5.41) is 0.206.